The minimum absolute atomic E-state index is 0.470. The van der Waals surface area contributed by atoms with Gasteiger partial charge in [-0.05, 0) is 49.4 Å². The van der Waals surface area contributed by atoms with Crippen LogP contribution in [-0.2, 0) is 4.74 Å². The summed E-state index contributed by atoms with van der Waals surface area (Å²) < 4.78 is 5.63. The van der Waals surface area contributed by atoms with Crippen molar-refractivity contribution in [1.82, 2.24) is 10.2 Å². The lowest BCUT2D eigenvalue weighted by Crippen LogP contribution is -2.51. The Bertz CT molecular complexity index is 300. The zero-order valence-electron chi connectivity index (χ0n) is 13.4. The predicted octanol–water partition coefficient (Wildman–Crippen LogP) is 2.51. The first-order valence-corrected chi connectivity index (χ1v) is 8.69. The molecule has 3 rings (SSSR count). The number of ether oxygens (including phenoxy) is 1. The Morgan fingerprint density at radius 1 is 1.10 bits per heavy atom. The molecule has 3 aliphatic rings. The highest BCUT2D eigenvalue weighted by Gasteiger charge is 2.37. The molecule has 0 aromatic heterocycles. The lowest BCUT2D eigenvalue weighted by Gasteiger charge is -2.44. The molecule has 2 atom stereocenters. The van der Waals surface area contributed by atoms with Crippen LogP contribution in [0.15, 0.2) is 0 Å². The highest BCUT2D eigenvalue weighted by atomic mass is 16.5. The van der Waals surface area contributed by atoms with Gasteiger partial charge in [-0.1, -0.05) is 13.8 Å². The van der Waals surface area contributed by atoms with Gasteiger partial charge in [0.15, 0.2) is 0 Å². The van der Waals surface area contributed by atoms with E-state index in [0.29, 0.717) is 5.41 Å². The summed E-state index contributed by atoms with van der Waals surface area (Å²) in [5.41, 5.74) is 0.470. The molecule has 116 valence electrons. The van der Waals surface area contributed by atoms with Gasteiger partial charge >= 0.3 is 0 Å². The van der Waals surface area contributed by atoms with E-state index in [0.717, 1.165) is 31.1 Å². The second-order valence-electron chi connectivity index (χ2n) is 7.91. The van der Waals surface area contributed by atoms with Crippen molar-refractivity contribution in [2.45, 2.75) is 52.0 Å². The monoisotopic (exact) mass is 280 g/mol. The van der Waals surface area contributed by atoms with Gasteiger partial charge in [0.05, 0.1) is 0 Å². The molecular weight excluding hydrogens is 248 g/mol. The fraction of sp³-hybridized carbons (Fsp3) is 1.00. The first kappa shape index (κ1) is 14.8. The van der Waals surface area contributed by atoms with Gasteiger partial charge in [-0.2, -0.15) is 0 Å². The SMILES string of the molecule is CC1CC(C)CN(CC2(CNC3CC3)CCOCC2)C1. The Labute approximate surface area is 124 Å². The van der Waals surface area contributed by atoms with Crippen LogP contribution in [0.2, 0.25) is 0 Å². The Morgan fingerprint density at radius 2 is 1.75 bits per heavy atom. The summed E-state index contributed by atoms with van der Waals surface area (Å²) in [5.74, 6) is 1.74. The number of rotatable bonds is 5. The Balaban J connectivity index is 1.59. The highest BCUT2D eigenvalue weighted by molar-refractivity contribution is 4.92. The average molecular weight is 280 g/mol. The molecule has 3 nitrogen and oxygen atoms in total. The molecule has 1 N–H and O–H groups in total. The van der Waals surface area contributed by atoms with Gasteiger partial charge in [0.2, 0.25) is 0 Å². The Morgan fingerprint density at radius 3 is 2.35 bits per heavy atom. The van der Waals surface area contributed by atoms with E-state index < -0.39 is 0 Å². The van der Waals surface area contributed by atoms with Crippen molar-refractivity contribution in [2.75, 3.05) is 39.4 Å². The number of hydrogen-bond donors (Lipinski definition) is 1. The van der Waals surface area contributed by atoms with E-state index in [4.69, 9.17) is 4.74 Å². The minimum Gasteiger partial charge on any atom is -0.381 e. The summed E-state index contributed by atoms with van der Waals surface area (Å²) >= 11 is 0. The maximum atomic E-state index is 5.63. The maximum absolute atomic E-state index is 5.63. The molecular formula is C17H32N2O. The van der Waals surface area contributed by atoms with Crippen molar-refractivity contribution in [2.24, 2.45) is 17.3 Å². The predicted molar refractivity (Wildman–Crippen MR) is 82.9 cm³/mol. The number of nitrogens with zero attached hydrogens (tertiary/aromatic N) is 1. The van der Waals surface area contributed by atoms with Crippen LogP contribution in [-0.4, -0.2) is 50.3 Å². The van der Waals surface area contributed by atoms with Crippen LogP contribution in [0.1, 0.15) is 46.0 Å². The third-order valence-corrected chi connectivity index (χ3v) is 5.40. The van der Waals surface area contributed by atoms with E-state index in [2.05, 4.69) is 24.1 Å². The minimum atomic E-state index is 0.470. The molecule has 1 saturated carbocycles. The molecule has 0 aromatic carbocycles. The van der Waals surface area contributed by atoms with Crippen LogP contribution in [0.5, 0.6) is 0 Å². The molecule has 2 aliphatic heterocycles. The molecule has 0 bridgehead atoms. The van der Waals surface area contributed by atoms with Crippen LogP contribution in [0.4, 0.5) is 0 Å². The van der Waals surface area contributed by atoms with E-state index in [-0.39, 0.29) is 0 Å². The molecule has 1 aliphatic carbocycles. The molecule has 2 heterocycles. The van der Waals surface area contributed by atoms with Gasteiger partial charge in [0.1, 0.15) is 0 Å². The zero-order chi connectivity index (χ0) is 14.0. The molecule has 3 heteroatoms. The average Bonchev–Trinajstić information content (AvgIpc) is 3.20. The molecule has 0 aromatic rings. The van der Waals surface area contributed by atoms with Crippen LogP contribution in [0, 0.1) is 17.3 Å². The summed E-state index contributed by atoms with van der Waals surface area (Å²) in [6.07, 6.45) is 6.68. The van der Waals surface area contributed by atoms with Gasteiger partial charge in [-0.25, -0.2) is 0 Å². The Hall–Kier alpha value is -0.120. The summed E-state index contributed by atoms with van der Waals surface area (Å²) in [4.78, 5) is 2.75. The molecule has 0 amide bonds. The van der Waals surface area contributed by atoms with E-state index in [9.17, 15) is 0 Å². The van der Waals surface area contributed by atoms with Crippen molar-refractivity contribution < 1.29 is 4.74 Å². The van der Waals surface area contributed by atoms with E-state index in [1.807, 2.05) is 0 Å². The van der Waals surface area contributed by atoms with Crippen molar-refractivity contribution in [3.63, 3.8) is 0 Å². The van der Waals surface area contributed by atoms with Gasteiger partial charge in [-0.3, -0.25) is 0 Å². The smallest absolute Gasteiger partial charge is 0.0472 e. The van der Waals surface area contributed by atoms with Crippen molar-refractivity contribution in [3.05, 3.63) is 0 Å². The van der Waals surface area contributed by atoms with Crippen molar-refractivity contribution in [1.29, 1.82) is 0 Å². The number of piperidine rings is 1. The van der Waals surface area contributed by atoms with Crippen molar-refractivity contribution >= 4 is 0 Å². The van der Waals surface area contributed by atoms with Gasteiger partial charge in [-0.15, -0.1) is 0 Å². The molecule has 0 spiro atoms. The summed E-state index contributed by atoms with van der Waals surface area (Å²) in [6.45, 7) is 11.9. The summed E-state index contributed by atoms with van der Waals surface area (Å²) in [7, 11) is 0. The van der Waals surface area contributed by atoms with Crippen LogP contribution < -0.4 is 5.32 Å². The third kappa shape index (κ3) is 3.96. The van der Waals surface area contributed by atoms with Crippen LogP contribution >= 0.6 is 0 Å². The quantitative estimate of drug-likeness (QED) is 0.837. The van der Waals surface area contributed by atoms with Gasteiger partial charge in [0, 0.05) is 45.4 Å². The molecule has 0 radical (unpaired) electrons. The number of hydrogen-bond acceptors (Lipinski definition) is 3. The fourth-order valence-electron chi connectivity index (χ4n) is 4.24. The fourth-order valence-corrected chi connectivity index (χ4v) is 4.24. The summed E-state index contributed by atoms with van der Waals surface area (Å²) in [6, 6.07) is 0.828. The zero-order valence-corrected chi connectivity index (χ0v) is 13.4. The largest absolute Gasteiger partial charge is 0.381 e. The number of nitrogens with one attached hydrogen (secondary N) is 1. The van der Waals surface area contributed by atoms with E-state index in [1.165, 1.54) is 58.3 Å². The first-order chi connectivity index (χ1) is 9.65. The lowest BCUT2D eigenvalue weighted by molar-refractivity contribution is -0.0149. The van der Waals surface area contributed by atoms with Crippen LogP contribution in [0.3, 0.4) is 0 Å². The van der Waals surface area contributed by atoms with Crippen LogP contribution in [0.25, 0.3) is 0 Å². The van der Waals surface area contributed by atoms with E-state index in [1.54, 1.807) is 0 Å². The Kier molecular flexibility index (Phi) is 4.68. The number of likely N-dealkylation sites (tertiary alicyclic amines) is 1. The normalized spacial score (nSPS) is 35.1. The lowest BCUT2D eigenvalue weighted by atomic mass is 9.78. The second kappa shape index (κ2) is 6.33. The molecule has 20 heavy (non-hydrogen) atoms. The van der Waals surface area contributed by atoms with Gasteiger partial charge in [0.25, 0.3) is 0 Å². The summed E-state index contributed by atoms with van der Waals surface area (Å²) in [5, 5.41) is 3.80. The topological polar surface area (TPSA) is 24.5 Å². The first-order valence-electron chi connectivity index (χ1n) is 8.69. The second-order valence-corrected chi connectivity index (χ2v) is 7.91. The highest BCUT2D eigenvalue weighted by Crippen LogP contribution is 2.34. The van der Waals surface area contributed by atoms with Crippen molar-refractivity contribution in [3.8, 4) is 0 Å². The van der Waals surface area contributed by atoms with E-state index >= 15 is 0 Å². The van der Waals surface area contributed by atoms with Gasteiger partial charge < -0.3 is 15.0 Å². The molecule has 2 saturated heterocycles. The third-order valence-electron chi connectivity index (χ3n) is 5.40. The standard InChI is InChI=1S/C17H32N2O/c1-14-9-15(2)11-19(10-14)13-17(5-7-20-8-6-17)12-18-16-3-4-16/h14-16,18H,3-13H2,1-2H3. The molecule has 2 unspecified atom stereocenters. The maximum Gasteiger partial charge on any atom is 0.0472 e. The molecule has 3 fully saturated rings.